The monoisotopic (exact) mass is 286 g/mol. The molecule has 0 fully saturated rings. The molecule has 1 heterocycles. The summed E-state index contributed by atoms with van der Waals surface area (Å²) >= 11 is 0. The van der Waals surface area contributed by atoms with Gasteiger partial charge >= 0.3 is 5.97 Å². The Morgan fingerprint density at radius 2 is 1.90 bits per heavy atom. The van der Waals surface area contributed by atoms with Crippen LogP contribution in [0.15, 0.2) is 42.5 Å². The van der Waals surface area contributed by atoms with Crippen molar-refractivity contribution in [2.24, 2.45) is 0 Å². The van der Waals surface area contributed by atoms with Crippen LogP contribution >= 0.6 is 0 Å². The van der Waals surface area contributed by atoms with Gasteiger partial charge in [0, 0.05) is 11.4 Å². The van der Waals surface area contributed by atoms with Crippen molar-refractivity contribution >= 4 is 17.6 Å². The molecule has 0 radical (unpaired) electrons. The van der Waals surface area contributed by atoms with Crippen molar-refractivity contribution in [1.29, 1.82) is 0 Å². The van der Waals surface area contributed by atoms with Crippen molar-refractivity contribution in [2.45, 2.75) is 6.92 Å². The summed E-state index contributed by atoms with van der Waals surface area (Å²) in [6.07, 6.45) is 0. The molecule has 0 spiro atoms. The van der Waals surface area contributed by atoms with Crippen molar-refractivity contribution in [3.8, 4) is 5.75 Å². The number of carboxylic acid groups (broad SMARTS) is 1. The lowest BCUT2D eigenvalue weighted by Crippen LogP contribution is -2.14. The highest BCUT2D eigenvalue weighted by Crippen LogP contribution is 2.16. The lowest BCUT2D eigenvalue weighted by molar-refractivity contribution is -0.139. The summed E-state index contributed by atoms with van der Waals surface area (Å²) in [5.74, 6) is -0.931. The maximum atomic E-state index is 12.0. The SMILES string of the molecule is Cc1cccc(C(=O)Nc2ccc(OCC(=O)O)cc2)n1. The number of rotatable bonds is 5. The summed E-state index contributed by atoms with van der Waals surface area (Å²) in [5.41, 5.74) is 1.67. The van der Waals surface area contributed by atoms with Crippen LogP contribution in [0.1, 0.15) is 16.2 Å². The number of amides is 1. The van der Waals surface area contributed by atoms with E-state index in [0.717, 1.165) is 5.69 Å². The molecule has 2 aromatic rings. The number of benzene rings is 1. The van der Waals surface area contributed by atoms with Gasteiger partial charge in [0.1, 0.15) is 11.4 Å². The number of ether oxygens (including phenoxy) is 1. The normalized spacial score (nSPS) is 9.95. The van der Waals surface area contributed by atoms with Crippen molar-refractivity contribution < 1.29 is 19.4 Å². The first kappa shape index (κ1) is 14.5. The first-order valence-electron chi connectivity index (χ1n) is 6.24. The predicted molar refractivity (Wildman–Crippen MR) is 76.5 cm³/mol. The van der Waals surface area contributed by atoms with Crippen LogP contribution in [0.2, 0.25) is 0 Å². The second kappa shape index (κ2) is 6.51. The Bertz CT molecular complexity index is 653. The molecular weight excluding hydrogens is 272 g/mol. The topological polar surface area (TPSA) is 88.5 Å². The second-order valence-corrected chi connectivity index (χ2v) is 4.33. The molecule has 2 N–H and O–H groups in total. The highest BCUT2D eigenvalue weighted by Gasteiger charge is 2.07. The van der Waals surface area contributed by atoms with Crippen molar-refractivity contribution in [3.63, 3.8) is 0 Å². The zero-order valence-electron chi connectivity index (χ0n) is 11.4. The van der Waals surface area contributed by atoms with Gasteiger partial charge in [-0.1, -0.05) is 6.07 Å². The highest BCUT2D eigenvalue weighted by atomic mass is 16.5. The van der Waals surface area contributed by atoms with E-state index in [9.17, 15) is 9.59 Å². The number of nitrogens with one attached hydrogen (secondary N) is 1. The van der Waals surface area contributed by atoms with Crippen LogP contribution < -0.4 is 10.1 Å². The van der Waals surface area contributed by atoms with E-state index in [2.05, 4.69) is 10.3 Å². The molecule has 0 bridgehead atoms. The molecule has 0 aliphatic carbocycles. The van der Waals surface area contributed by atoms with Gasteiger partial charge in [-0.3, -0.25) is 4.79 Å². The number of carbonyl (C=O) groups excluding carboxylic acids is 1. The smallest absolute Gasteiger partial charge is 0.341 e. The van der Waals surface area contributed by atoms with Gasteiger partial charge in [0.2, 0.25) is 0 Å². The second-order valence-electron chi connectivity index (χ2n) is 4.33. The average Bonchev–Trinajstić information content (AvgIpc) is 2.46. The number of pyridine rings is 1. The molecule has 0 saturated heterocycles. The van der Waals surface area contributed by atoms with Crippen LogP contribution in [0.5, 0.6) is 5.75 Å². The Morgan fingerprint density at radius 3 is 2.52 bits per heavy atom. The molecule has 6 heteroatoms. The van der Waals surface area contributed by atoms with Gasteiger partial charge in [-0.05, 0) is 43.3 Å². The van der Waals surface area contributed by atoms with Gasteiger partial charge in [-0.15, -0.1) is 0 Å². The minimum absolute atomic E-state index is 0.307. The zero-order chi connectivity index (χ0) is 15.2. The number of carboxylic acids is 1. The minimum atomic E-state index is -1.04. The summed E-state index contributed by atoms with van der Waals surface area (Å²) < 4.78 is 5.00. The fourth-order valence-electron chi connectivity index (χ4n) is 1.64. The third-order valence-electron chi connectivity index (χ3n) is 2.60. The maximum Gasteiger partial charge on any atom is 0.341 e. The van der Waals surface area contributed by atoms with Crippen LogP contribution in [0.4, 0.5) is 5.69 Å². The zero-order valence-corrected chi connectivity index (χ0v) is 11.4. The molecule has 1 aromatic carbocycles. The van der Waals surface area contributed by atoms with Gasteiger partial charge in [-0.2, -0.15) is 0 Å². The minimum Gasteiger partial charge on any atom is -0.482 e. The Kier molecular flexibility index (Phi) is 4.50. The van der Waals surface area contributed by atoms with E-state index in [1.54, 1.807) is 36.4 Å². The van der Waals surface area contributed by atoms with Crippen LogP contribution in [0.3, 0.4) is 0 Å². The van der Waals surface area contributed by atoms with E-state index < -0.39 is 12.6 Å². The summed E-state index contributed by atoms with van der Waals surface area (Å²) in [6, 6.07) is 11.6. The molecule has 1 amide bonds. The number of anilines is 1. The quantitative estimate of drug-likeness (QED) is 0.878. The van der Waals surface area contributed by atoms with Gasteiger partial charge in [-0.25, -0.2) is 9.78 Å². The number of hydrogen-bond donors (Lipinski definition) is 2. The third kappa shape index (κ3) is 4.31. The van der Waals surface area contributed by atoms with Crippen molar-refractivity contribution in [1.82, 2.24) is 4.98 Å². The lowest BCUT2D eigenvalue weighted by atomic mass is 10.2. The van der Waals surface area contributed by atoms with Gasteiger partial charge in [0.15, 0.2) is 6.61 Å². The summed E-state index contributed by atoms with van der Waals surface area (Å²) in [5, 5.41) is 11.2. The van der Waals surface area contributed by atoms with E-state index in [1.165, 1.54) is 0 Å². The largest absolute Gasteiger partial charge is 0.482 e. The molecule has 6 nitrogen and oxygen atoms in total. The van der Waals surface area contributed by atoms with Gasteiger partial charge < -0.3 is 15.2 Å². The molecule has 0 aliphatic heterocycles. The average molecular weight is 286 g/mol. The van der Waals surface area contributed by atoms with E-state index in [1.807, 2.05) is 13.0 Å². The number of aryl methyl sites for hydroxylation is 1. The molecule has 21 heavy (non-hydrogen) atoms. The molecule has 0 unspecified atom stereocenters. The Morgan fingerprint density at radius 1 is 1.19 bits per heavy atom. The van der Waals surface area contributed by atoms with E-state index in [0.29, 0.717) is 17.1 Å². The van der Waals surface area contributed by atoms with Crippen LogP contribution in [-0.2, 0) is 4.79 Å². The summed E-state index contributed by atoms with van der Waals surface area (Å²) in [4.78, 5) is 26.5. The first-order valence-corrected chi connectivity index (χ1v) is 6.24. The van der Waals surface area contributed by atoms with Crippen LogP contribution in [0, 0.1) is 6.92 Å². The predicted octanol–water partition coefficient (Wildman–Crippen LogP) is 2.11. The molecule has 1 aromatic heterocycles. The first-order chi connectivity index (χ1) is 10.0. The maximum absolute atomic E-state index is 12.0. The van der Waals surface area contributed by atoms with Crippen LogP contribution in [-0.4, -0.2) is 28.6 Å². The summed E-state index contributed by atoms with van der Waals surface area (Å²) in [6.45, 7) is 1.41. The van der Waals surface area contributed by atoms with Crippen LogP contribution in [0.25, 0.3) is 0 Å². The van der Waals surface area contributed by atoms with Crippen molar-refractivity contribution in [3.05, 3.63) is 53.9 Å². The Hall–Kier alpha value is -2.89. The number of carbonyl (C=O) groups is 2. The molecular formula is C15H14N2O4. The Labute approximate surface area is 121 Å². The molecule has 108 valence electrons. The number of aliphatic carboxylic acids is 1. The number of aromatic nitrogens is 1. The van der Waals surface area contributed by atoms with Gasteiger partial charge in [0.25, 0.3) is 5.91 Å². The standard InChI is InChI=1S/C15H14N2O4/c1-10-3-2-4-13(16-10)15(20)17-11-5-7-12(8-6-11)21-9-14(18)19/h2-8H,9H2,1H3,(H,17,20)(H,18,19). The number of nitrogens with zero attached hydrogens (tertiary/aromatic N) is 1. The number of hydrogen-bond acceptors (Lipinski definition) is 4. The molecule has 0 aliphatic rings. The van der Waals surface area contributed by atoms with E-state index in [-0.39, 0.29) is 5.91 Å². The van der Waals surface area contributed by atoms with Gasteiger partial charge in [0.05, 0.1) is 0 Å². The fourth-order valence-corrected chi connectivity index (χ4v) is 1.64. The fraction of sp³-hybridized carbons (Fsp3) is 0.133. The molecule has 0 saturated carbocycles. The third-order valence-corrected chi connectivity index (χ3v) is 2.60. The van der Waals surface area contributed by atoms with E-state index in [4.69, 9.17) is 9.84 Å². The lowest BCUT2D eigenvalue weighted by Gasteiger charge is -2.07. The Balaban J connectivity index is 2.00. The molecule has 0 atom stereocenters. The van der Waals surface area contributed by atoms with E-state index >= 15 is 0 Å². The molecule has 2 rings (SSSR count). The van der Waals surface area contributed by atoms with Crippen molar-refractivity contribution in [2.75, 3.05) is 11.9 Å². The highest BCUT2D eigenvalue weighted by molar-refractivity contribution is 6.02. The summed E-state index contributed by atoms with van der Waals surface area (Å²) in [7, 11) is 0.